The molecule has 1 unspecified atom stereocenters. The second-order valence-corrected chi connectivity index (χ2v) is 4.05. The van der Waals surface area contributed by atoms with Crippen molar-refractivity contribution in [1.82, 2.24) is 20.1 Å². The van der Waals surface area contributed by atoms with E-state index in [2.05, 4.69) is 15.4 Å². The third-order valence-corrected chi connectivity index (χ3v) is 2.83. The van der Waals surface area contributed by atoms with Crippen LogP contribution in [0.15, 0.2) is 24.5 Å². The Balaban J connectivity index is 2.25. The summed E-state index contributed by atoms with van der Waals surface area (Å²) in [4.78, 5) is 4.10. The van der Waals surface area contributed by atoms with Gasteiger partial charge in [-0.3, -0.25) is 4.68 Å². The highest BCUT2D eigenvalue weighted by Gasteiger charge is 2.15. The maximum absolute atomic E-state index is 13.2. The lowest BCUT2D eigenvalue weighted by atomic mass is 10.0. The van der Waals surface area contributed by atoms with Crippen LogP contribution in [-0.2, 0) is 13.5 Å². The Bertz CT molecular complexity index is 518. The van der Waals surface area contributed by atoms with Gasteiger partial charge in [0.05, 0.1) is 0 Å². The van der Waals surface area contributed by atoms with E-state index in [1.165, 1.54) is 18.5 Å². The number of rotatable bonds is 4. The zero-order valence-corrected chi connectivity index (χ0v) is 10.2. The van der Waals surface area contributed by atoms with Crippen molar-refractivity contribution >= 4 is 0 Å². The van der Waals surface area contributed by atoms with E-state index in [4.69, 9.17) is 0 Å². The van der Waals surface area contributed by atoms with Gasteiger partial charge in [-0.15, -0.1) is 0 Å². The van der Waals surface area contributed by atoms with Gasteiger partial charge in [-0.25, -0.2) is 13.8 Å². The Morgan fingerprint density at radius 2 is 1.94 bits per heavy atom. The molecule has 18 heavy (non-hydrogen) atoms. The maximum Gasteiger partial charge on any atom is 0.138 e. The molecule has 0 saturated carbocycles. The first-order chi connectivity index (χ1) is 8.60. The summed E-state index contributed by atoms with van der Waals surface area (Å²) in [5.74, 6) is -0.412. The van der Waals surface area contributed by atoms with Crippen molar-refractivity contribution in [3.63, 3.8) is 0 Å². The molecule has 0 spiro atoms. The van der Waals surface area contributed by atoms with Crippen molar-refractivity contribution in [2.75, 3.05) is 7.05 Å². The number of hydrogen-bond donors (Lipinski definition) is 1. The standard InChI is InChI=1S/C12H14F2N4/c1-15-11(6-12-16-7-17-18(12)2)8-3-9(13)5-10(14)4-8/h3-5,7,11,15H,6H2,1-2H3. The molecule has 0 aliphatic carbocycles. The first kappa shape index (κ1) is 12.6. The van der Waals surface area contributed by atoms with E-state index in [1.807, 2.05) is 0 Å². The second-order valence-electron chi connectivity index (χ2n) is 4.05. The Kier molecular flexibility index (Phi) is 3.66. The summed E-state index contributed by atoms with van der Waals surface area (Å²) in [5.41, 5.74) is 0.554. The molecule has 1 aromatic heterocycles. The number of likely N-dealkylation sites (N-methyl/N-ethyl adjacent to an activating group) is 1. The average Bonchev–Trinajstić information content (AvgIpc) is 2.70. The fourth-order valence-corrected chi connectivity index (χ4v) is 1.85. The van der Waals surface area contributed by atoms with Crippen LogP contribution in [0.5, 0.6) is 0 Å². The molecule has 0 aliphatic rings. The van der Waals surface area contributed by atoms with Crippen LogP contribution in [0.1, 0.15) is 17.4 Å². The summed E-state index contributed by atoms with van der Waals surface area (Å²) < 4.78 is 28.0. The van der Waals surface area contributed by atoms with Gasteiger partial charge in [0.1, 0.15) is 23.8 Å². The van der Waals surface area contributed by atoms with E-state index in [0.29, 0.717) is 12.0 Å². The number of halogens is 2. The molecule has 0 bridgehead atoms. The first-order valence-electron chi connectivity index (χ1n) is 5.56. The van der Waals surface area contributed by atoms with E-state index >= 15 is 0 Å². The Labute approximate surface area is 104 Å². The van der Waals surface area contributed by atoms with Gasteiger partial charge in [0, 0.05) is 25.6 Å². The van der Waals surface area contributed by atoms with Crippen molar-refractivity contribution in [2.45, 2.75) is 12.5 Å². The van der Waals surface area contributed by atoms with Gasteiger partial charge in [0.2, 0.25) is 0 Å². The van der Waals surface area contributed by atoms with Crippen LogP contribution < -0.4 is 5.32 Å². The normalized spacial score (nSPS) is 12.7. The predicted octanol–water partition coefficient (Wildman–Crippen LogP) is 1.60. The molecule has 0 fully saturated rings. The van der Waals surface area contributed by atoms with Gasteiger partial charge < -0.3 is 5.32 Å². The molecule has 2 rings (SSSR count). The fourth-order valence-electron chi connectivity index (χ4n) is 1.85. The summed E-state index contributed by atoms with van der Waals surface area (Å²) in [6.07, 6.45) is 1.96. The monoisotopic (exact) mass is 252 g/mol. The average molecular weight is 252 g/mol. The number of benzene rings is 1. The number of hydrogen-bond acceptors (Lipinski definition) is 3. The SMILES string of the molecule is CNC(Cc1ncnn1C)c1cc(F)cc(F)c1. The van der Waals surface area contributed by atoms with E-state index in [9.17, 15) is 8.78 Å². The van der Waals surface area contributed by atoms with Gasteiger partial charge in [0.15, 0.2) is 0 Å². The van der Waals surface area contributed by atoms with Crippen molar-refractivity contribution in [2.24, 2.45) is 7.05 Å². The van der Waals surface area contributed by atoms with E-state index in [-0.39, 0.29) is 6.04 Å². The molecular formula is C12H14F2N4. The smallest absolute Gasteiger partial charge is 0.138 e. The van der Waals surface area contributed by atoms with Crippen LogP contribution in [0.25, 0.3) is 0 Å². The third-order valence-electron chi connectivity index (χ3n) is 2.83. The van der Waals surface area contributed by atoms with E-state index < -0.39 is 11.6 Å². The van der Waals surface area contributed by atoms with Crippen LogP contribution in [-0.4, -0.2) is 21.8 Å². The van der Waals surface area contributed by atoms with Crippen molar-refractivity contribution in [1.29, 1.82) is 0 Å². The number of aromatic nitrogens is 3. The summed E-state index contributed by atoms with van der Waals surface area (Å²) in [7, 11) is 3.52. The molecule has 0 amide bonds. The number of aryl methyl sites for hydroxylation is 1. The van der Waals surface area contributed by atoms with Gasteiger partial charge in [-0.2, -0.15) is 5.10 Å². The highest BCUT2D eigenvalue weighted by Crippen LogP contribution is 2.19. The molecule has 1 atom stereocenters. The van der Waals surface area contributed by atoms with Gasteiger partial charge >= 0.3 is 0 Å². The predicted molar refractivity (Wildman–Crippen MR) is 62.9 cm³/mol. The minimum Gasteiger partial charge on any atom is -0.313 e. The lowest BCUT2D eigenvalue weighted by Crippen LogP contribution is -2.21. The second kappa shape index (κ2) is 5.22. The van der Waals surface area contributed by atoms with Crippen molar-refractivity contribution < 1.29 is 8.78 Å². The fraction of sp³-hybridized carbons (Fsp3) is 0.333. The highest BCUT2D eigenvalue weighted by molar-refractivity contribution is 5.22. The summed E-state index contributed by atoms with van der Waals surface area (Å²) in [5, 5.41) is 6.99. The quantitative estimate of drug-likeness (QED) is 0.898. The molecule has 4 nitrogen and oxygen atoms in total. The largest absolute Gasteiger partial charge is 0.313 e. The van der Waals surface area contributed by atoms with Gasteiger partial charge in [-0.05, 0) is 24.7 Å². The highest BCUT2D eigenvalue weighted by atomic mass is 19.1. The summed E-state index contributed by atoms with van der Waals surface area (Å²) in [6, 6.07) is 3.29. The van der Waals surface area contributed by atoms with Crippen LogP contribution in [0.2, 0.25) is 0 Å². The minimum atomic E-state index is -0.580. The zero-order valence-electron chi connectivity index (χ0n) is 10.2. The van der Waals surface area contributed by atoms with E-state index in [0.717, 1.165) is 11.9 Å². The Morgan fingerprint density at radius 1 is 1.28 bits per heavy atom. The molecular weight excluding hydrogens is 238 g/mol. The third kappa shape index (κ3) is 2.70. The van der Waals surface area contributed by atoms with Crippen LogP contribution >= 0.6 is 0 Å². The number of nitrogens with one attached hydrogen (secondary N) is 1. The van der Waals surface area contributed by atoms with E-state index in [1.54, 1.807) is 18.8 Å². The van der Waals surface area contributed by atoms with Crippen LogP contribution in [0.4, 0.5) is 8.78 Å². The van der Waals surface area contributed by atoms with Crippen molar-refractivity contribution in [3.05, 3.63) is 47.5 Å². The van der Waals surface area contributed by atoms with Crippen LogP contribution in [0.3, 0.4) is 0 Å². The van der Waals surface area contributed by atoms with Gasteiger partial charge in [-0.1, -0.05) is 0 Å². The molecule has 6 heteroatoms. The summed E-state index contributed by atoms with van der Waals surface area (Å²) in [6.45, 7) is 0. The topological polar surface area (TPSA) is 42.7 Å². The molecule has 1 aromatic carbocycles. The maximum atomic E-state index is 13.2. The lowest BCUT2D eigenvalue weighted by Gasteiger charge is -2.16. The molecule has 2 aromatic rings. The molecule has 0 aliphatic heterocycles. The summed E-state index contributed by atoms with van der Waals surface area (Å²) >= 11 is 0. The van der Waals surface area contributed by atoms with Crippen molar-refractivity contribution in [3.8, 4) is 0 Å². The Hall–Kier alpha value is -1.82. The molecule has 0 radical (unpaired) electrons. The first-order valence-corrected chi connectivity index (χ1v) is 5.56. The molecule has 1 N–H and O–H groups in total. The molecule has 96 valence electrons. The number of nitrogens with zero attached hydrogens (tertiary/aromatic N) is 3. The van der Waals surface area contributed by atoms with Crippen LogP contribution in [0, 0.1) is 11.6 Å². The minimum absolute atomic E-state index is 0.210. The molecule has 0 saturated heterocycles. The zero-order chi connectivity index (χ0) is 13.1. The molecule has 1 heterocycles. The lowest BCUT2D eigenvalue weighted by molar-refractivity contribution is 0.533. The van der Waals surface area contributed by atoms with Gasteiger partial charge in [0.25, 0.3) is 0 Å². The Morgan fingerprint density at radius 3 is 2.44 bits per heavy atom.